The van der Waals surface area contributed by atoms with E-state index in [2.05, 4.69) is 19.2 Å². The minimum absolute atomic E-state index is 0.104. The average Bonchev–Trinajstić information content (AvgIpc) is 2.42. The number of rotatable bonds is 8. The van der Waals surface area contributed by atoms with Crippen LogP contribution in [-0.2, 0) is 4.79 Å². The number of aliphatic carboxylic acids is 1. The molecule has 0 aliphatic carbocycles. The molecule has 0 aliphatic heterocycles. The SMILES string of the molecule is CCC(C)c1ccc(OCC(NC(C)C)C(=O)O)cc1. The summed E-state index contributed by atoms with van der Waals surface area (Å²) in [5.74, 6) is 0.335. The van der Waals surface area contributed by atoms with Gasteiger partial charge in [-0.05, 0) is 30.0 Å². The van der Waals surface area contributed by atoms with Crippen LogP contribution in [0.5, 0.6) is 5.75 Å². The van der Waals surface area contributed by atoms with E-state index >= 15 is 0 Å². The van der Waals surface area contributed by atoms with Gasteiger partial charge < -0.3 is 9.84 Å². The molecule has 0 bridgehead atoms. The fourth-order valence-electron chi connectivity index (χ4n) is 1.90. The van der Waals surface area contributed by atoms with E-state index in [9.17, 15) is 4.79 Å². The van der Waals surface area contributed by atoms with Crippen LogP contribution >= 0.6 is 0 Å². The molecule has 2 atom stereocenters. The van der Waals surface area contributed by atoms with Gasteiger partial charge in [-0.15, -0.1) is 0 Å². The monoisotopic (exact) mass is 279 g/mol. The maximum absolute atomic E-state index is 11.1. The fourth-order valence-corrected chi connectivity index (χ4v) is 1.90. The fraction of sp³-hybridized carbons (Fsp3) is 0.562. The summed E-state index contributed by atoms with van der Waals surface area (Å²) in [6.07, 6.45) is 1.10. The Balaban J connectivity index is 2.57. The molecule has 1 aromatic carbocycles. The topological polar surface area (TPSA) is 58.6 Å². The highest BCUT2D eigenvalue weighted by Crippen LogP contribution is 2.21. The van der Waals surface area contributed by atoms with Crippen LogP contribution in [0.25, 0.3) is 0 Å². The van der Waals surface area contributed by atoms with Crippen LogP contribution in [0, 0.1) is 0 Å². The third kappa shape index (κ3) is 5.21. The van der Waals surface area contributed by atoms with Crippen molar-refractivity contribution in [2.45, 2.75) is 52.1 Å². The Kier molecular flexibility index (Phi) is 6.52. The third-order valence-electron chi connectivity index (χ3n) is 3.31. The molecule has 0 spiro atoms. The van der Waals surface area contributed by atoms with E-state index in [0.29, 0.717) is 11.7 Å². The number of ether oxygens (including phenoxy) is 1. The quantitative estimate of drug-likeness (QED) is 0.768. The van der Waals surface area contributed by atoms with E-state index in [0.717, 1.165) is 6.42 Å². The molecule has 20 heavy (non-hydrogen) atoms. The van der Waals surface area contributed by atoms with Crippen LogP contribution in [-0.4, -0.2) is 29.8 Å². The zero-order valence-electron chi connectivity index (χ0n) is 12.7. The molecule has 0 saturated carbocycles. The predicted molar refractivity (Wildman–Crippen MR) is 80.3 cm³/mol. The van der Waals surface area contributed by atoms with Crippen molar-refractivity contribution in [1.29, 1.82) is 0 Å². The first kappa shape index (κ1) is 16.5. The number of carboxylic acid groups (broad SMARTS) is 1. The van der Waals surface area contributed by atoms with Gasteiger partial charge in [0.05, 0.1) is 0 Å². The summed E-state index contributed by atoms with van der Waals surface area (Å²) in [6, 6.07) is 7.28. The van der Waals surface area contributed by atoms with Crippen molar-refractivity contribution in [3.05, 3.63) is 29.8 Å². The summed E-state index contributed by atoms with van der Waals surface area (Å²) in [4.78, 5) is 11.1. The lowest BCUT2D eigenvalue weighted by molar-refractivity contribution is -0.140. The number of benzene rings is 1. The van der Waals surface area contributed by atoms with Crippen LogP contribution in [0.1, 0.15) is 45.6 Å². The first-order chi connectivity index (χ1) is 9.43. The van der Waals surface area contributed by atoms with Crippen LogP contribution in [0.2, 0.25) is 0 Å². The van der Waals surface area contributed by atoms with Crippen LogP contribution < -0.4 is 10.1 Å². The van der Waals surface area contributed by atoms with Crippen LogP contribution in [0.3, 0.4) is 0 Å². The zero-order valence-corrected chi connectivity index (χ0v) is 12.7. The van der Waals surface area contributed by atoms with Crippen LogP contribution in [0.4, 0.5) is 0 Å². The Hall–Kier alpha value is -1.55. The van der Waals surface area contributed by atoms with Gasteiger partial charge in [-0.1, -0.05) is 39.8 Å². The Morgan fingerprint density at radius 2 is 1.85 bits per heavy atom. The minimum atomic E-state index is -0.894. The molecule has 0 fully saturated rings. The molecule has 0 aliphatic rings. The van der Waals surface area contributed by atoms with Gasteiger partial charge in [0.15, 0.2) is 0 Å². The molecule has 2 N–H and O–H groups in total. The standard InChI is InChI=1S/C16H25NO3/c1-5-12(4)13-6-8-14(9-7-13)20-10-15(16(18)19)17-11(2)3/h6-9,11-12,15,17H,5,10H2,1-4H3,(H,18,19). The molecule has 0 aromatic heterocycles. The Morgan fingerprint density at radius 1 is 1.25 bits per heavy atom. The highest BCUT2D eigenvalue weighted by Gasteiger charge is 2.18. The lowest BCUT2D eigenvalue weighted by Crippen LogP contribution is -2.44. The molecule has 0 radical (unpaired) electrons. The molecular formula is C16H25NO3. The maximum atomic E-state index is 11.1. The number of carboxylic acids is 1. The Bertz CT molecular complexity index is 414. The van der Waals surface area contributed by atoms with E-state index in [4.69, 9.17) is 9.84 Å². The molecule has 1 rings (SSSR count). The van der Waals surface area contributed by atoms with Gasteiger partial charge in [0.1, 0.15) is 18.4 Å². The van der Waals surface area contributed by atoms with E-state index in [-0.39, 0.29) is 12.6 Å². The van der Waals surface area contributed by atoms with E-state index in [1.54, 1.807) is 0 Å². The molecule has 4 heteroatoms. The molecule has 0 saturated heterocycles. The Morgan fingerprint density at radius 3 is 2.30 bits per heavy atom. The zero-order chi connectivity index (χ0) is 15.1. The highest BCUT2D eigenvalue weighted by molar-refractivity contribution is 5.73. The summed E-state index contributed by atoms with van der Waals surface area (Å²) in [5, 5.41) is 12.1. The largest absolute Gasteiger partial charge is 0.491 e. The summed E-state index contributed by atoms with van der Waals surface area (Å²) in [5.41, 5.74) is 1.27. The van der Waals surface area contributed by atoms with Gasteiger partial charge in [-0.2, -0.15) is 0 Å². The normalized spacial score (nSPS) is 14.1. The van der Waals surface area contributed by atoms with Crippen LogP contribution in [0.15, 0.2) is 24.3 Å². The predicted octanol–water partition coefficient (Wildman–Crippen LogP) is 3.03. The maximum Gasteiger partial charge on any atom is 0.324 e. The highest BCUT2D eigenvalue weighted by atomic mass is 16.5. The van der Waals surface area contributed by atoms with Crippen molar-refractivity contribution < 1.29 is 14.6 Å². The van der Waals surface area contributed by atoms with Gasteiger partial charge in [0.25, 0.3) is 0 Å². The molecule has 1 aromatic rings. The van der Waals surface area contributed by atoms with Gasteiger partial charge in [-0.25, -0.2) is 0 Å². The number of carbonyl (C=O) groups is 1. The summed E-state index contributed by atoms with van der Waals surface area (Å²) in [7, 11) is 0. The van der Waals surface area contributed by atoms with Crippen molar-refractivity contribution in [1.82, 2.24) is 5.32 Å². The second-order valence-electron chi connectivity index (χ2n) is 5.40. The third-order valence-corrected chi connectivity index (χ3v) is 3.31. The molecule has 2 unspecified atom stereocenters. The van der Waals surface area contributed by atoms with E-state index in [1.807, 2.05) is 38.1 Å². The number of nitrogens with one attached hydrogen (secondary N) is 1. The second kappa shape index (κ2) is 7.90. The lowest BCUT2D eigenvalue weighted by atomic mass is 9.99. The molecular weight excluding hydrogens is 254 g/mol. The minimum Gasteiger partial charge on any atom is -0.491 e. The summed E-state index contributed by atoms with van der Waals surface area (Å²) in [6.45, 7) is 8.29. The van der Waals surface area contributed by atoms with E-state index in [1.165, 1.54) is 5.56 Å². The van der Waals surface area contributed by atoms with Crippen molar-refractivity contribution in [3.8, 4) is 5.75 Å². The van der Waals surface area contributed by atoms with Crippen molar-refractivity contribution in [2.24, 2.45) is 0 Å². The second-order valence-corrected chi connectivity index (χ2v) is 5.40. The molecule has 0 amide bonds. The lowest BCUT2D eigenvalue weighted by Gasteiger charge is -2.18. The van der Waals surface area contributed by atoms with Gasteiger partial charge in [0, 0.05) is 6.04 Å². The van der Waals surface area contributed by atoms with Crippen molar-refractivity contribution in [3.63, 3.8) is 0 Å². The summed E-state index contributed by atoms with van der Waals surface area (Å²) < 4.78 is 5.56. The van der Waals surface area contributed by atoms with Crippen molar-refractivity contribution in [2.75, 3.05) is 6.61 Å². The summed E-state index contributed by atoms with van der Waals surface area (Å²) >= 11 is 0. The average molecular weight is 279 g/mol. The number of hydrogen-bond donors (Lipinski definition) is 2. The first-order valence-electron chi connectivity index (χ1n) is 7.15. The van der Waals surface area contributed by atoms with Crippen molar-refractivity contribution >= 4 is 5.97 Å². The van der Waals surface area contributed by atoms with E-state index < -0.39 is 12.0 Å². The first-order valence-corrected chi connectivity index (χ1v) is 7.15. The van der Waals surface area contributed by atoms with Gasteiger partial charge in [0.2, 0.25) is 0 Å². The molecule has 4 nitrogen and oxygen atoms in total. The Labute approximate surface area is 121 Å². The smallest absolute Gasteiger partial charge is 0.324 e. The van der Waals surface area contributed by atoms with Gasteiger partial charge in [-0.3, -0.25) is 10.1 Å². The molecule has 0 heterocycles. The molecule has 112 valence electrons. The van der Waals surface area contributed by atoms with Gasteiger partial charge >= 0.3 is 5.97 Å². The number of hydrogen-bond acceptors (Lipinski definition) is 3.